The molecular formula is C19H26ClFN4O3S. The van der Waals surface area contributed by atoms with E-state index in [2.05, 4.69) is 5.10 Å². The maximum atomic E-state index is 13.9. The lowest BCUT2D eigenvalue weighted by Crippen LogP contribution is -2.22. The van der Waals surface area contributed by atoms with Crippen LogP contribution in [0, 0.1) is 6.92 Å². The maximum Gasteiger partial charge on any atom is 0.244 e. The van der Waals surface area contributed by atoms with Crippen molar-refractivity contribution in [2.75, 3.05) is 20.6 Å². The fraction of sp³-hybridized carbons (Fsp3) is 0.421. The van der Waals surface area contributed by atoms with Gasteiger partial charge >= 0.3 is 0 Å². The number of aliphatic hydroxyl groups excluding tert-OH is 1. The Morgan fingerprint density at radius 3 is 2.62 bits per heavy atom. The van der Waals surface area contributed by atoms with E-state index in [1.807, 2.05) is 0 Å². The molecule has 0 amide bonds. The molecule has 1 unspecified atom stereocenters. The summed E-state index contributed by atoms with van der Waals surface area (Å²) in [4.78, 5) is 0.0186. The number of allylic oxidation sites excluding steroid dienone is 1. The zero-order chi connectivity index (χ0) is 21.9. The van der Waals surface area contributed by atoms with Gasteiger partial charge in [-0.2, -0.15) is 5.10 Å². The molecule has 0 spiro atoms. The molecule has 1 heterocycles. The molecule has 0 bridgehead atoms. The summed E-state index contributed by atoms with van der Waals surface area (Å²) in [6.45, 7) is 3.30. The van der Waals surface area contributed by atoms with Crippen LogP contribution >= 0.6 is 11.6 Å². The van der Waals surface area contributed by atoms with Gasteiger partial charge in [0, 0.05) is 32.6 Å². The first-order valence-electron chi connectivity index (χ1n) is 8.98. The highest BCUT2D eigenvalue weighted by Gasteiger charge is 2.23. The first-order chi connectivity index (χ1) is 13.5. The summed E-state index contributed by atoms with van der Waals surface area (Å²) in [6.07, 6.45) is 0.739. The van der Waals surface area contributed by atoms with Crippen LogP contribution in [-0.2, 0) is 23.0 Å². The van der Waals surface area contributed by atoms with Gasteiger partial charge in [0.1, 0.15) is 10.7 Å². The van der Waals surface area contributed by atoms with E-state index in [9.17, 15) is 17.9 Å². The molecule has 3 N–H and O–H groups in total. The van der Waals surface area contributed by atoms with Crippen LogP contribution in [0.1, 0.15) is 35.5 Å². The van der Waals surface area contributed by atoms with E-state index in [1.54, 1.807) is 26.0 Å². The number of nitrogens with zero attached hydrogens (tertiary/aromatic N) is 3. The van der Waals surface area contributed by atoms with Crippen molar-refractivity contribution in [2.24, 2.45) is 5.73 Å². The Morgan fingerprint density at radius 2 is 2.10 bits per heavy atom. The highest BCUT2D eigenvalue weighted by Crippen LogP contribution is 2.29. The van der Waals surface area contributed by atoms with E-state index >= 15 is 0 Å². The lowest BCUT2D eigenvalue weighted by molar-refractivity contribution is 0.186. The second-order valence-electron chi connectivity index (χ2n) is 6.90. The number of hydrogen-bond acceptors (Lipinski definition) is 5. The number of nitrogens with two attached hydrogens (primary N) is 1. The van der Waals surface area contributed by atoms with Gasteiger partial charge in [0.05, 0.1) is 29.1 Å². The van der Waals surface area contributed by atoms with Gasteiger partial charge in [0.25, 0.3) is 0 Å². The number of benzene rings is 1. The van der Waals surface area contributed by atoms with E-state index in [0.29, 0.717) is 17.8 Å². The Labute approximate surface area is 175 Å². The molecule has 0 aliphatic rings. The maximum absolute atomic E-state index is 13.9. The summed E-state index contributed by atoms with van der Waals surface area (Å²) < 4.78 is 41.1. The third-order valence-electron chi connectivity index (χ3n) is 4.47. The third kappa shape index (κ3) is 5.23. The highest BCUT2D eigenvalue weighted by molar-refractivity contribution is 7.89. The number of hydrogen-bond donors (Lipinski definition) is 2. The second kappa shape index (κ2) is 9.36. The number of sulfonamides is 1. The zero-order valence-electron chi connectivity index (χ0n) is 16.9. The van der Waals surface area contributed by atoms with Crippen molar-refractivity contribution in [2.45, 2.75) is 37.8 Å². The topological polar surface area (TPSA) is 101 Å². The largest absolute Gasteiger partial charge is 0.387 e. The van der Waals surface area contributed by atoms with E-state index < -0.39 is 22.0 Å². The summed E-state index contributed by atoms with van der Waals surface area (Å²) in [7, 11) is -0.785. The van der Waals surface area contributed by atoms with Gasteiger partial charge in [-0.1, -0.05) is 17.7 Å². The van der Waals surface area contributed by atoms with Crippen LogP contribution in [0.25, 0.3) is 0 Å². The van der Waals surface area contributed by atoms with Crippen molar-refractivity contribution in [3.8, 4) is 0 Å². The van der Waals surface area contributed by atoms with Crippen LogP contribution in [0.2, 0.25) is 5.02 Å². The zero-order valence-corrected chi connectivity index (χ0v) is 18.4. The Balaban J connectivity index is 2.43. The van der Waals surface area contributed by atoms with Gasteiger partial charge in [0.15, 0.2) is 0 Å². The molecule has 0 saturated heterocycles. The van der Waals surface area contributed by atoms with Crippen LogP contribution in [0.4, 0.5) is 4.39 Å². The molecule has 0 aliphatic carbocycles. The summed E-state index contributed by atoms with van der Waals surface area (Å²) in [5, 5.41) is 14.7. The minimum absolute atomic E-state index is 0.0186. The molecule has 0 radical (unpaired) electrons. The van der Waals surface area contributed by atoms with Crippen LogP contribution in [0.3, 0.4) is 0 Å². The van der Waals surface area contributed by atoms with E-state index in [0.717, 1.165) is 15.4 Å². The monoisotopic (exact) mass is 444 g/mol. The Bertz CT molecular complexity index is 1020. The van der Waals surface area contributed by atoms with E-state index in [-0.39, 0.29) is 23.0 Å². The van der Waals surface area contributed by atoms with E-state index in [4.69, 9.17) is 17.3 Å². The molecule has 1 aromatic carbocycles. The van der Waals surface area contributed by atoms with Gasteiger partial charge in [-0.25, -0.2) is 17.1 Å². The molecule has 0 fully saturated rings. The first-order valence-corrected chi connectivity index (χ1v) is 10.8. The predicted octanol–water partition coefficient (Wildman–Crippen LogP) is 2.55. The SMILES string of the molecule is Cc1nn(CC(F)=CCN)c(C(C)O)c1Cc1ccc(S(=O)(=O)N(C)C)c(Cl)c1. The standard InChI is InChI=1S/C19H26ClFN4O3S/c1-12-16(19(13(2)26)25(23-12)11-15(21)7-8-22)9-14-5-6-18(17(20)10-14)29(27,28)24(3)4/h5-7,10,13,26H,8-9,11,22H2,1-4H3. The quantitative estimate of drug-likeness (QED) is 0.651. The molecule has 7 nitrogen and oxygen atoms in total. The van der Waals surface area contributed by atoms with Crippen molar-refractivity contribution in [3.05, 3.63) is 57.6 Å². The van der Waals surface area contributed by atoms with Crippen molar-refractivity contribution in [3.63, 3.8) is 0 Å². The Morgan fingerprint density at radius 1 is 1.45 bits per heavy atom. The number of aliphatic hydroxyl groups is 1. The smallest absolute Gasteiger partial charge is 0.244 e. The number of aromatic nitrogens is 2. The van der Waals surface area contributed by atoms with Gasteiger partial charge in [0.2, 0.25) is 10.0 Å². The molecule has 0 saturated carbocycles. The average molecular weight is 445 g/mol. The van der Waals surface area contributed by atoms with Gasteiger partial charge in [-0.15, -0.1) is 0 Å². The molecule has 160 valence electrons. The fourth-order valence-electron chi connectivity index (χ4n) is 3.04. The number of aryl methyl sites for hydroxylation is 1. The lowest BCUT2D eigenvalue weighted by Gasteiger charge is -2.14. The van der Waals surface area contributed by atoms with Crippen molar-refractivity contribution in [1.82, 2.24) is 14.1 Å². The minimum atomic E-state index is -3.66. The first kappa shape index (κ1) is 23.5. The second-order valence-corrected chi connectivity index (χ2v) is 9.43. The summed E-state index contributed by atoms with van der Waals surface area (Å²) in [6, 6.07) is 4.70. The minimum Gasteiger partial charge on any atom is -0.387 e. The molecule has 1 aromatic heterocycles. The van der Waals surface area contributed by atoms with Gasteiger partial charge in [-0.05, 0) is 37.6 Å². The van der Waals surface area contributed by atoms with Crippen LogP contribution in [0.15, 0.2) is 35.0 Å². The molecule has 1 atom stereocenters. The highest BCUT2D eigenvalue weighted by atomic mass is 35.5. The average Bonchev–Trinajstić information content (AvgIpc) is 2.89. The number of rotatable bonds is 8. The summed E-state index contributed by atoms with van der Waals surface area (Å²) in [5.74, 6) is -0.440. The molecule has 10 heteroatoms. The third-order valence-corrected chi connectivity index (χ3v) is 6.76. The van der Waals surface area contributed by atoms with Crippen LogP contribution < -0.4 is 5.73 Å². The predicted molar refractivity (Wildman–Crippen MR) is 111 cm³/mol. The molecule has 2 aromatic rings. The van der Waals surface area contributed by atoms with Crippen molar-refractivity contribution >= 4 is 21.6 Å². The Kier molecular flexibility index (Phi) is 7.58. The Hall–Kier alpha value is -1.78. The fourth-order valence-corrected chi connectivity index (χ4v) is 4.48. The van der Waals surface area contributed by atoms with Gasteiger partial charge in [-0.3, -0.25) is 4.68 Å². The molecular weight excluding hydrogens is 419 g/mol. The molecule has 2 rings (SSSR count). The van der Waals surface area contributed by atoms with Crippen molar-refractivity contribution in [1.29, 1.82) is 0 Å². The lowest BCUT2D eigenvalue weighted by atomic mass is 10.0. The van der Waals surface area contributed by atoms with Crippen LogP contribution in [0.5, 0.6) is 0 Å². The van der Waals surface area contributed by atoms with E-state index in [1.165, 1.54) is 30.9 Å². The summed E-state index contributed by atoms with van der Waals surface area (Å²) in [5.41, 5.74) is 7.95. The van der Waals surface area contributed by atoms with Crippen LogP contribution in [-0.4, -0.2) is 48.3 Å². The molecule has 0 aliphatic heterocycles. The number of halogens is 2. The molecule has 29 heavy (non-hydrogen) atoms. The summed E-state index contributed by atoms with van der Waals surface area (Å²) >= 11 is 6.23. The van der Waals surface area contributed by atoms with Gasteiger partial charge < -0.3 is 10.8 Å². The normalized spacial score (nSPS) is 13.9. The van der Waals surface area contributed by atoms with Crippen molar-refractivity contribution < 1.29 is 17.9 Å².